The zero-order chi connectivity index (χ0) is 72.7. The SMILES string of the molecule is CCCCCC/C=C\C=C/CCCCCCCC(=O)OC[C@H](COP(=O)(O)OC[C@@H](O)COP(=O)(O)OC[C@@H](COC(=O)CCCCCCCCCCCCC)OC(=O)CCCCCCCCCCCCCC(C)C)OC(=O)CCCCCCCCCCCCCCCCCCCCC. The second kappa shape index (κ2) is 72.5. The molecule has 2 unspecified atom stereocenters. The Hall–Kier alpha value is -2.46. The van der Waals surface area contributed by atoms with E-state index in [1.165, 1.54) is 205 Å². The summed E-state index contributed by atoms with van der Waals surface area (Å²) in [5.74, 6) is -1.37. The minimum absolute atomic E-state index is 0.102. The first-order valence-electron chi connectivity index (χ1n) is 41.0. The van der Waals surface area contributed by atoms with E-state index in [1.54, 1.807) is 0 Å². The number of allylic oxidation sites excluding steroid dienone is 4. The molecule has 0 fully saturated rings. The van der Waals surface area contributed by atoms with Crippen molar-refractivity contribution in [2.45, 2.75) is 419 Å². The lowest BCUT2D eigenvalue weighted by Crippen LogP contribution is -2.30. The van der Waals surface area contributed by atoms with Gasteiger partial charge in [-0.2, -0.15) is 0 Å². The quantitative estimate of drug-likeness (QED) is 0.0169. The maximum Gasteiger partial charge on any atom is 0.472 e. The van der Waals surface area contributed by atoms with Gasteiger partial charge in [-0.05, 0) is 57.3 Å². The Labute approximate surface area is 605 Å². The van der Waals surface area contributed by atoms with Crippen molar-refractivity contribution in [3.8, 4) is 0 Å². The van der Waals surface area contributed by atoms with Gasteiger partial charge in [-0.3, -0.25) is 37.3 Å². The Balaban J connectivity index is 5.28. The van der Waals surface area contributed by atoms with E-state index in [1.807, 2.05) is 0 Å². The molecule has 0 aromatic heterocycles. The van der Waals surface area contributed by atoms with Gasteiger partial charge in [-0.25, -0.2) is 9.13 Å². The second-order valence-corrected chi connectivity index (χ2v) is 31.5. The average Bonchev–Trinajstić information content (AvgIpc) is 1.47. The summed E-state index contributed by atoms with van der Waals surface area (Å²) in [5.41, 5.74) is 0. The number of carbonyl (C=O) groups is 4. The zero-order valence-electron chi connectivity index (χ0n) is 64.1. The molecule has 3 N–H and O–H groups in total. The van der Waals surface area contributed by atoms with Crippen LogP contribution in [0.5, 0.6) is 0 Å². The van der Waals surface area contributed by atoms with Crippen LogP contribution in [0.3, 0.4) is 0 Å². The number of hydrogen-bond acceptors (Lipinski definition) is 15. The van der Waals surface area contributed by atoms with Crippen molar-refractivity contribution in [3.05, 3.63) is 24.3 Å². The number of aliphatic hydroxyl groups excluding tert-OH is 1. The largest absolute Gasteiger partial charge is 0.472 e. The van der Waals surface area contributed by atoms with E-state index in [2.05, 4.69) is 58.9 Å². The first-order valence-corrected chi connectivity index (χ1v) is 43.9. The lowest BCUT2D eigenvalue weighted by molar-refractivity contribution is -0.161. The van der Waals surface area contributed by atoms with Crippen LogP contribution in [0.1, 0.15) is 401 Å². The third-order valence-electron chi connectivity index (χ3n) is 18.2. The van der Waals surface area contributed by atoms with Crippen LogP contribution in [0.2, 0.25) is 0 Å². The monoisotopic (exact) mass is 1450 g/mol. The smallest absolute Gasteiger partial charge is 0.462 e. The Morgan fingerprint density at radius 3 is 0.828 bits per heavy atom. The van der Waals surface area contributed by atoms with Crippen molar-refractivity contribution in [1.82, 2.24) is 0 Å². The van der Waals surface area contributed by atoms with Gasteiger partial charge >= 0.3 is 39.5 Å². The molecule has 0 saturated carbocycles. The Bertz CT molecular complexity index is 1990. The third kappa shape index (κ3) is 73.6. The highest BCUT2D eigenvalue weighted by molar-refractivity contribution is 7.47. The predicted octanol–water partition coefficient (Wildman–Crippen LogP) is 23.6. The van der Waals surface area contributed by atoms with Gasteiger partial charge in [-0.1, -0.05) is 348 Å². The number of phosphoric ester groups is 2. The molecule has 0 rings (SSSR count). The number of hydrogen-bond donors (Lipinski definition) is 3. The minimum atomic E-state index is -4.97. The van der Waals surface area contributed by atoms with Gasteiger partial charge < -0.3 is 33.8 Å². The summed E-state index contributed by atoms with van der Waals surface area (Å²) < 4.78 is 68.6. The van der Waals surface area contributed by atoms with Crippen LogP contribution in [0.25, 0.3) is 0 Å². The fraction of sp³-hybridized carbons (Fsp3) is 0.900. The summed E-state index contributed by atoms with van der Waals surface area (Å²) in [5, 5.41) is 10.6. The molecule has 584 valence electrons. The van der Waals surface area contributed by atoms with Crippen LogP contribution in [0.4, 0.5) is 0 Å². The summed E-state index contributed by atoms with van der Waals surface area (Å²) >= 11 is 0. The van der Waals surface area contributed by atoms with Gasteiger partial charge in [-0.15, -0.1) is 0 Å². The highest BCUT2D eigenvalue weighted by Gasteiger charge is 2.30. The molecule has 0 spiro atoms. The van der Waals surface area contributed by atoms with Crippen molar-refractivity contribution < 1.29 is 80.2 Å². The predicted molar refractivity (Wildman–Crippen MR) is 404 cm³/mol. The molecule has 0 aliphatic rings. The molecule has 99 heavy (non-hydrogen) atoms. The molecule has 0 aliphatic carbocycles. The van der Waals surface area contributed by atoms with E-state index < -0.39 is 97.5 Å². The molecular formula is C80H152O17P2. The fourth-order valence-electron chi connectivity index (χ4n) is 11.9. The van der Waals surface area contributed by atoms with E-state index in [0.29, 0.717) is 25.7 Å². The van der Waals surface area contributed by atoms with E-state index in [9.17, 15) is 43.2 Å². The standard InChI is InChI=1S/C80H152O17P2/c1-6-9-12-15-18-21-24-26-28-29-30-31-33-35-40-45-50-55-60-65-79(84)96-76(70-91-78(83)64-59-54-49-44-39-34-32-27-25-22-19-16-13-10-7-2)72-95-99(88,89)93-68-74(81)67-92-98(86,87)94-71-75(69-90-77(82)63-58-53-48-43-37-23-20-17-14-11-8-3)97-80(85)66-61-56-51-46-41-36-38-42-47-52-57-62-73(4)5/h22,25,27,32,73-76,81H,6-21,23-24,26,28-31,33-72H2,1-5H3,(H,86,87)(H,88,89)/b25-22-,32-27-/t74-,75+,76+/m0/s1. The average molecular weight is 1450 g/mol. The maximum atomic E-state index is 13.1. The molecular weight excluding hydrogens is 1290 g/mol. The Morgan fingerprint density at radius 2 is 0.545 bits per heavy atom. The maximum absolute atomic E-state index is 13.1. The van der Waals surface area contributed by atoms with Crippen LogP contribution in [0.15, 0.2) is 24.3 Å². The van der Waals surface area contributed by atoms with Crippen LogP contribution >= 0.6 is 15.6 Å². The van der Waals surface area contributed by atoms with Gasteiger partial charge in [0, 0.05) is 25.7 Å². The number of unbranched alkanes of at least 4 members (excludes halogenated alkanes) is 47. The number of esters is 4. The number of phosphoric acid groups is 2. The first kappa shape index (κ1) is 96.5. The van der Waals surface area contributed by atoms with Crippen LogP contribution in [-0.2, 0) is 65.4 Å². The molecule has 0 bridgehead atoms. The van der Waals surface area contributed by atoms with Crippen LogP contribution in [-0.4, -0.2) is 96.7 Å². The molecule has 0 radical (unpaired) electrons. The topological polar surface area (TPSA) is 237 Å². The molecule has 0 aromatic rings. The number of rotatable bonds is 78. The number of carbonyl (C=O) groups excluding carboxylic acids is 4. The van der Waals surface area contributed by atoms with E-state index in [4.69, 9.17) is 37.0 Å². The van der Waals surface area contributed by atoms with Gasteiger partial charge in [0.15, 0.2) is 12.2 Å². The van der Waals surface area contributed by atoms with Crippen molar-refractivity contribution in [2.75, 3.05) is 39.6 Å². The van der Waals surface area contributed by atoms with E-state index in [-0.39, 0.29) is 25.7 Å². The zero-order valence-corrected chi connectivity index (χ0v) is 65.9. The van der Waals surface area contributed by atoms with Gasteiger partial charge in [0.2, 0.25) is 0 Å². The van der Waals surface area contributed by atoms with E-state index >= 15 is 0 Å². The highest BCUT2D eigenvalue weighted by atomic mass is 31.2. The van der Waals surface area contributed by atoms with Crippen molar-refractivity contribution in [2.24, 2.45) is 5.92 Å². The summed E-state index contributed by atoms with van der Waals surface area (Å²) in [6.45, 7) is 7.25. The molecule has 0 saturated heterocycles. The normalized spacial score (nSPS) is 14.0. The van der Waals surface area contributed by atoms with Gasteiger partial charge in [0.05, 0.1) is 26.4 Å². The summed E-state index contributed by atoms with van der Waals surface area (Å²) in [6.07, 6.45) is 65.9. The minimum Gasteiger partial charge on any atom is -0.462 e. The van der Waals surface area contributed by atoms with Crippen molar-refractivity contribution >= 4 is 39.5 Å². The van der Waals surface area contributed by atoms with Crippen LogP contribution in [0, 0.1) is 5.92 Å². The summed E-state index contributed by atoms with van der Waals surface area (Å²) in [6, 6.07) is 0. The first-order chi connectivity index (χ1) is 48.0. The molecule has 0 amide bonds. The number of ether oxygens (including phenoxy) is 4. The highest BCUT2D eigenvalue weighted by Crippen LogP contribution is 2.45. The van der Waals surface area contributed by atoms with Gasteiger partial charge in [0.25, 0.3) is 0 Å². The van der Waals surface area contributed by atoms with Crippen molar-refractivity contribution in [1.29, 1.82) is 0 Å². The molecule has 17 nitrogen and oxygen atoms in total. The molecule has 0 aliphatic heterocycles. The Kier molecular flexibility index (Phi) is 70.7. The molecule has 5 atom stereocenters. The number of aliphatic hydroxyl groups is 1. The Morgan fingerprint density at radius 1 is 0.313 bits per heavy atom. The van der Waals surface area contributed by atoms with Crippen molar-refractivity contribution in [3.63, 3.8) is 0 Å². The molecule has 0 aromatic carbocycles. The lowest BCUT2D eigenvalue weighted by atomic mass is 10.0. The molecule has 19 heteroatoms. The fourth-order valence-corrected chi connectivity index (χ4v) is 13.4. The third-order valence-corrected chi connectivity index (χ3v) is 20.1. The van der Waals surface area contributed by atoms with Gasteiger partial charge in [0.1, 0.15) is 19.3 Å². The second-order valence-electron chi connectivity index (χ2n) is 28.6. The lowest BCUT2D eigenvalue weighted by Gasteiger charge is -2.21. The van der Waals surface area contributed by atoms with Crippen LogP contribution < -0.4 is 0 Å². The summed E-state index contributed by atoms with van der Waals surface area (Å²) in [7, 11) is -9.93. The van der Waals surface area contributed by atoms with E-state index in [0.717, 1.165) is 115 Å². The molecule has 0 heterocycles. The summed E-state index contributed by atoms with van der Waals surface area (Å²) in [4.78, 5) is 73.0.